The Balaban J connectivity index is 4.46. The lowest BCUT2D eigenvalue weighted by atomic mass is 10.1. The van der Waals surface area contributed by atoms with Crippen LogP contribution in [0.2, 0.25) is 0 Å². The average Bonchev–Trinajstić information content (AvgIpc) is 3.22. The standard InChI is InChI=1S/C52H88O6/c1-4-7-10-13-16-19-21-23-24-25-26-27-29-30-33-36-39-42-45-51(54)57-48-49(47-56-50(53)44-41-38-35-32-18-15-12-9-6-3)58-52(55)46-43-40-37-34-31-28-22-20-17-14-11-8-5-2/h16,19,21,23-28,31,37,40,49H,4-15,17-18,20,22,29-30,32-36,38-39,41-48H2,1-3H3/b19-16-,23-21-,25-24-,27-26-,31-28-,40-37-. The van der Waals surface area contributed by atoms with Crippen LogP contribution in [0.3, 0.4) is 0 Å². The van der Waals surface area contributed by atoms with Crippen LogP contribution in [0.5, 0.6) is 0 Å². The Morgan fingerprint density at radius 2 is 0.724 bits per heavy atom. The topological polar surface area (TPSA) is 78.9 Å². The highest BCUT2D eigenvalue weighted by Gasteiger charge is 2.19. The lowest BCUT2D eigenvalue weighted by Crippen LogP contribution is -2.30. The quantitative estimate of drug-likeness (QED) is 0.0201. The van der Waals surface area contributed by atoms with E-state index in [0.717, 1.165) is 77.0 Å². The van der Waals surface area contributed by atoms with E-state index in [1.807, 2.05) is 6.08 Å². The average molecular weight is 809 g/mol. The van der Waals surface area contributed by atoms with Gasteiger partial charge < -0.3 is 14.2 Å². The van der Waals surface area contributed by atoms with E-state index in [9.17, 15) is 14.4 Å². The van der Waals surface area contributed by atoms with Gasteiger partial charge in [-0.15, -0.1) is 0 Å². The predicted octanol–water partition coefficient (Wildman–Crippen LogP) is 15.5. The van der Waals surface area contributed by atoms with Gasteiger partial charge in [0, 0.05) is 19.3 Å². The SMILES string of the molecule is CCCCC\C=C/C=C\C=C/C=C\CCCCCCCC(=O)OCC(COC(=O)CCCCCCCCCCC)OC(=O)CC/C=C\C/C=C\CCCCCCCC. The Morgan fingerprint density at radius 1 is 0.362 bits per heavy atom. The molecule has 0 amide bonds. The van der Waals surface area contributed by atoms with Gasteiger partial charge in [-0.1, -0.05) is 209 Å². The fourth-order valence-electron chi connectivity index (χ4n) is 6.39. The van der Waals surface area contributed by atoms with Crippen LogP contribution in [0.4, 0.5) is 0 Å². The molecule has 6 heteroatoms. The third-order valence-corrected chi connectivity index (χ3v) is 10.0. The fraction of sp³-hybridized carbons (Fsp3) is 0.712. The Bertz CT molecular complexity index is 1110. The maximum absolute atomic E-state index is 12.7. The predicted molar refractivity (Wildman–Crippen MR) is 247 cm³/mol. The number of carbonyl (C=O) groups is 3. The van der Waals surface area contributed by atoms with Crippen molar-refractivity contribution in [3.8, 4) is 0 Å². The molecule has 0 heterocycles. The summed E-state index contributed by atoms with van der Waals surface area (Å²) >= 11 is 0. The number of unbranched alkanes of at least 4 members (excludes halogenated alkanes) is 22. The number of ether oxygens (including phenoxy) is 3. The van der Waals surface area contributed by atoms with Gasteiger partial charge in [0.15, 0.2) is 6.10 Å². The van der Waals surface area contributed by atoms with Gasteiger partial charge >= 0.3 is 17.9 Å². The van der Waals surface area contributed by atoms with Gasteiger partial charge in [-0.25, -0.2) is 0 Å². The maximum atomic E-state index is 12.7. The van der Waals surface area contributed by atoms with Crippen molar-refractivity contribution in [2.45, 2.75) is 226 Å². The van der Waals surface area contributed by atoms with Crippen LogP contribution in [-0.2, 0) is 28.6 Å². The number of esters is 3. The molecule has 1 atom stereocenters. The Morgan fingerprint density at radius 3 is 1.21 bits per heavy atom. The highest BCUT2D eigenvalue weighted by Crippen LogP contribution is 2.13. The minimum atomic E-state index is -0.812. The molecule has 0 aliphatic rings. The first-order chi connectivity index (χ1) is 28.5. The summed E-state index contributed by atoms with van der Waals surface area (Å²) in [6, 6.07) is 0. The molecule has 0 aliphatic heterocycles. The van der Waals surface area contributed by atoms with Crippen LogP contribution in [0.25, 0.3) is 0 Å². The van der Waals surface area contributed by atoms with Gasteiger partial charge in [-0.05, 0) is 64.2 Å². The number of allylic oxidation sites excluding steroid dienone is 12. The molecule has 0 radical (unpaired) electrons. The van der Waals surface area contributed by atoms with Gasteiger partial charge in [0.25, 0.3) is 0 Å². The molecule has 0 N–H and O–H groups in total. The zero-order valence-corrected chi connectivity index (χ0v) is 37.8. The molecule has 332 valence electrons. The minimum Gasteiger partial charge on any atom is -0.462 e. The highest BCUT2D eigenvalue weighted by molar-refractivity contribution is 5.71. The molecule has 1 unspecified atom stereocenters. The molecule has 0 spiro atoms. The molecule has 0 rings (SSSR count). The molecule has 0 aliphatic carbocycles. The maximum Gasteiger partial charge on any atom is 0.306 e. The van der Waals surface area contributed by atoms with E-state index in [1.54, 1.807) is 0 Å². The number of carbonyl (C=O) groups excluding carboxylic acids is 3. The van der Waals surface area contributed by atoms with Gasteiger partial charge in [0.1, 0.15) is 13.2 Å². The minimum absolute atomic E-state index is 0.105. The fourth-order valence-corrected chi connectivity index (χ4v) is 6.39. The third kappa shape index (κ3) is 44.0. The summed E-state index contributed by atoms with van der Waals surface area (Å²) in [5, 5.41) is 0. The van der Waals surface area contributed by atoms with E-state index in [1.165, 1.54) is 96.3 Å². The first kappa shape index (κ1) is 54.9. The molecular weight excluding hydrogens is 721 g/mol. The molecule has 0 saturated carbocycles. The first-order valence-electron chi connectivity index (χ1n) is 24.0. The molecule has 6 nitrogen and oxygen atoms in total. The van der Waals surface area contributed by atoms with E-state index in [0.29, 0.717) is 19.3 Å². The highest BCUT2D eigenvalue weighted by atomic mass is 16.6. The van der Waals surface area contributed by atoms with Crippen LogP contribution in [0.15, 0.2) is 72.9 Å². The summed E-state index contributed by atoms with van der Waals surface area (Å²) in [5.74, 6) is -1.00. The van der Waals surface area contributed by atoms with Crippen LogP contribution in [0, 0.1) is 0 Å². The first-order valence-corrected chi connectivity index (χ1v) is 24.0. The van der Waals surface area contributed by atoms with E-state index in [2.05, 4.69) is 87.6 Å². The van der Waals surface area contributed by atoms with Crippen molar-refractivity contribution in [1.29, 1.82) is 0 Å². The molecule has 0 aromatic rings. The van der Waals surface area contributed by atoms with Crippen molar-refractivity contribution >= 4 is 17.9 Å². The number of rotatable bonds is 42. The van der Waals surface area contributed by atoms with Gasteiger partial charge in [0.2, 0.25) is 0 Å². The van der Waals surface area contributed by atoms with Crippen LogP contribution >= 0.6 is 0 Å². The van der Waals surface area contributed by atoms with Crippen LogP contribution in [0.1, 0.15) is 220 Å². The van der Waals surface area contributed by atoms with Crippen molar-refractivity contribution in [2.75, 3.05) is 13.2 Å². The zero-order chi connectivity index (χ0) is 42.3. The molecular formula is C52H88O6. The van der Waals surface area contributed by atoms with Crippen molar-refractivity contribution in [3.05, 3.63) is 72.9 Å². The van der Waals surface area contributed by atoms with E-state index >= 15 is 0 Å². The van der Waals surface area contributed by atoms with Crippen molar-refractivity contribution in [2.24, 2.45) is 0 Å². The van der Waals surface area contributed by atoms with E-state index < -0.39 is 6.10 Å². The molecule has 0 fully saturated rings. The normalized spacial score (nSPS) is 12.7. The largest absolute Gasteiger partial charge is 0.462 e. The second kappa shape index (κ2) is 46.5. The summed E-state index contributed by atoms with van der Waals surface area (Å²) in [4.78, 5) is 37.7. The molecule has 0 bridgehead atoms. The molecule has 0 saturated heterocycles. The summed E-state index contributed by atoms with van der Waals surface area (Å²) in [6.07, 6.45) is 57.5. The van der Waals surface area contributed by atoms with Gasteiger partial charge in [-0.3, -0.25) is 14.4 Å². The third-order valence-electron chi connectivity index (χ3n) is 10.0. The lowest BCUT2D eigenvalue weighted by Gasteiger charge is -2.18. The summed E-state index contributed by atoms with van der Waals surface area (Å²) in [5.41, 5.74) is 0. The van der Waals surface area contributed by atoms with Gasteiger partial charge in [0.05, 0.1) is 0 Å². The van der Waals surface area contributed by atoms with Gasteiger partial charge in [-0.2, -0.15) is 0 Å². The molecule has 58 heavy (non-hydrogen) atoms. The smallest absolute Gasteiger partial charge is 0.306 e. The lowest BCUT2D eigenvalue weighted by molar-refractivity contribution is -0.166. The summed E-state index contributed by atoms with van der Waals surface area (Å²) in [6.45, 7) is 6.49. The zero-order valence-electron chi connectivity index (χ0n) is 37.8. The van der Waals surface area contributed by atoms with Crippen LogP contribution < -0.4 is 0 Å². The van der Waals surface area contributed by atoms with Crippen molar-refractivity contribution < 1.29 is 28.6 Å². The molecule has 0 aromatic heterocycles. The van der Waals surface area contributed by atoms with E-state index in [4.69, 9.17) is 14.2 Å². The second-order valence-electron chi connectivity index (χ2n) is 15.8. The number of hydrogen-bond donors (Lipinski definition) is 0. The monoisotopic (exact) mass is 809 g/mol. The Labute approximate surface area is 357 Å². The van der Waals surface area contributed by atoms with Crippen molar-refractivity contribution in [1.82, 2.24) is 0 Å². The number of hydrogen-bond acceptors (Lipinski definition) is 6. The summed E-state index contributed by atoms with van der Waals surface area (Å²) in [7, 11) is 0. The summed E-state index contributed by atoms with van der Waals surface area (Å²) < 4.78 is 16.6. The van der Waals surface area contributed by atoms with E-state index in [-0.39, 0.29) is 37.5 Å². The Kier molecular flexibility index (Phi) is 44.0. The Hall–Kier alpha value is -3.15. The molecule has 0 aromatic carbocycles. The second-order valence-corrected chi connectivity index (χ2v) is 15.8. The van der Waals surface area contributed by atoms with Crippen LogP contribution in [-0.4, -0.2) is 37.2 Å². The van der Waals surface area contributed by atoms with Crippen molar-refractivity contribution in [3.63, 3.8) is 0 Å².